The van der Waals surface area contributed by atoms with Gasteiger partial charge in [0.2, 0.25) is 0 Å². The average Bonchev–Trinajstić information content (AvgIpc) is 2.66. The third kappa shape index (κ3) is 3.38. The van der Waals surface area contributed by atoms with Gasteiger partial charge in [-0.2, -0.15) is 5.10 Å². The van der Waals surface area contributed by atoms with E-state index in [1.54, 1.807) is 6.20 Å². The first-order chi connectivity index (χ1) is 9.31. The second-order valence-electron chi connectivity index (χ2n) is 5.30. The molecule has 0 fully saturated rings. The highest BCUT2D eigenvalue weighted by atomic mass is 79.9. The first-order valence-corrected chi connectivity index (χ1v) is 8.06. The van der Waals surface area contributed by atoms with Crippen LogP contribution in [0.3, 0.4) is 0 Å². The SMILES string of the molecule is CC(C)(C)OC(=O)n1nc(CCBr)c2cc(Br)cnc21. The van der Waals surface area contributed by atoms with Crippen LogP contribution < -0.4 is 0 Å². The summed E-state index contributed by atoms with van der Waals surface area (Å²) in [6.45, 7) is 5.46. The Balaban J connectivity index is 2.51. The van der Waals surface area contributed by atoms with Gasteiger partial charge in [0.15, 0.2) is 5.65 Å². The lowest BCUT2D eigenvalue weighted by molar-refractivity contribution is 0.0521. The minimum absolute atomic E-state index is 0.512. The smallest absolute Gasteiger partial charge is 0.437 e. The van der Waals surface area contributed by atoms with Crippen molar-refractivity contribution >= 4 is 49.0 Å². The molecule has 0 bridgehead atoms. The number of pyridine rings is 1. The van der Waals surface area contributed by atoms with Gasteiger partial charge in [0.05, 0.1) is 5.69 Å². The molecule has 0 unspecified atom stereocenters. The van der Waals surface area contributed by atoms with E-state index in [9.17, 15) is 4.79 Å². The van der Waals surface area contributed by atoms with Crippen LogP contribution in [0.5, 0.6) is 0 Å². The molecule has 0 aromatic carbocycles. The predicted molar refractivity (Wildman–Crippen MR) is 84.4 cm³/mol. The molecule has 0 radical (unpaired) electrons. The number of carbonyl (C=O) groups excluding carboxylic acids is 1. The first-order valence-electron chi connectivity index (χ1n) is 6.14. The Morgan fingerprint density at radius 2 is 2.15 bits per heavy atom. The largest absolute Gasteiger partial charge is 0.442 e. The maximum atomic E-state index is 12.2. The quantitative estimate of drug-likeness (QED) is 0.712. The van der Waals surface area contributed by atoms with Crippen molar-refractivity contribution in [1.29, 1.82) is 0 Å². The molecule has 0 spiro atoms. The van der Waals surface area contributed by atoms with E-state index in [2.05, 4.69) is 41.9 Å². The van der Waals surface area contributed by atoms with Gasteiger partial charge in [0, 0.05) is 27.8 Å². The number of halogens is 2. The zero-order chi connectivity index (χ0) is 14.9. The van der Waals surface area contributed by atoms with E-state index in [1.807, 2.05) is 26.8 Å². The maximum absolute atomic E-state index is 12.2. The molecule has 7 heteroatoms. The number of aromatic nitrogens is 3. The second-order valence-corrected chi connectivity index (χ2v) is 7.01. The normalized spacial score (nSPS) is 11.8. The van der Waals surface area contributed by atoms with Crippen molar-refractivity contribution in [3.05, 3.63) is 22.4 Å². The molecule has 0 saturated heterocycles. The standard InChI is InChI=1S/C13H15Br2N3O2/c1-13(2,3)20-12(19)18-11-9(6-8(15)7-16-11)10(17-18)4-5-14/h6-7H,4-5H2,1-3H3. The number of ether oxygens (including phenoxy) is 1. The van der Waals surface area contributed by atoms with Gasteiger partial charge in [-0.1, -0.05) is 15.9 Å². The van der Waals surface area contributed by atoms with Gasteiger partial charge in [-0.05, 0) is 42.8 Å². The Morgan fingerprint density at radius 3 is 2.75 bits per heavy atom. The highest BCUT2D eigenvalue weighted by Crippen LogP contribution is 2.22. The van der Waals surface area contributed by atoms with Gasteiger partial charge in [0.25, 0.3) is 0 Å². The fourth-order valence-corrected chi connectivity index (χ4v) is 2.45. The Hall–Kier alpha value is -0.950. The van der Waals surface area contributed by atoms with Crippen LogP contribution >= 0.6 is 31.9 Å². The van der Waals surface area contributed by atoms with Crippen molar-refractivity contribution in [2.24, 2.45) is 0 Å². The van der Waals surface area contributed by atoms with Crippen molar-refractivity contribution in [3.63, 3.8) is 0 Å². The van der Waals surface area contributed by atoms with Crippen LogP contribution in [-0.2, 0) is 11.2 Å². The van der Waals surface area contributed by atoms with Crippen LogP contribution in [0.2, 0.25) is 0 Å². The minimum atomic E-state index is -0.569. The number of alkyl halides is 1. The van der Waals surface area contributed by atoms with Gasteiger partial charge in [-0.25, -0.2) is 9.78 Å². The maximum Gasteiger partial charge on any atom is 0.437 e. The fourth-order valence-electron chi connectivity index (χ4n) is 1.74. The molecule has 0 N–H and O–H groups in total. The number of nitrogens with zero attached hydrogens (tertiary/aromatic N) is 3. The molecule has 2 aromatic heterocycles. The number of aryl methyl sites for hydroxylation is 1. The Kier molecular flexibility index (Phi) is 4.49. The van der Waals surface area contributed by atoms with Crippen LogP contribution in [0.15, 0.2) is 16.7 Å². The zero-order valence-corrected chi connectivity index (χ0v) is 14.7. The van der Waals surface area contributed by atoms with E-state index in [0.29, 0.717) is 12.1 Å². The van der Waals surface area contributed by atoms with Gasteiger partial charge < -0.3 is 4.74 Å². The molecule has 5 nitrogen and oxygen atoms in total. The first kappa shape index (κ1) is 15.4. The molecular weight excluding hydrogens is 390 g/mol. The fraction of sp³-hybridized carbons (Fsp3) is 0.462. The lowest BCUT2D eigenvalue weighted by atomic mass is 10.2. The molecule has 2 aromatic rings. The minimum Gasteiger partial charge on any atom is -0.442 e. The van der Waals surface area contributed by atoms with Crippen molar-refractivity contribution in [2.45, 2.75) is 32.8 Å². The van der Waals surface area contributed by atoms with Crippen LogP contribution in [0.4, 0.5) is 4.79 Å². The van der Waals surface area contributed by atoms with Crippen LogP contribution in [0.1, 0.15) is 26.5 Å². The summed E-state index contributed by atoms with van der Waals surface area (Å²) in [5.74, 6) is 0. The molecule has 0 aliphatic heterocycles. The summed E-state index contributed by atoms with van der Waals surface area (Å²) in [5, 5.41) is 5.95. The third-order valence-electron chi connectivity index (χ3n) is 2.46. The highest BCUT2D eigenvalue weighted by molar-refractivity contribution is 9.10. The van der Waals surface area contributed by atoms with Crippen LogP contribution in [0.25, 0.3) is 11.0 Å². The third-order valence-corrected chi connectivity index (χ3v) is 3.29. The topological polar surface area (TPSA) is 57.0 Å². The zero-order valence-electron chi connectivity index (χ0n) is 11.5. The predicted octanol–water partition coefficient (Wildman–Crippen LogP) is 3.91. The highest BCUT2D eigenvalue weighted by Gasteiger charge is 2.22. The summed E-state index contributed by atoms with van der Waals surface area (Å²) in [7, 11) is 0. The summed E-state index contributed by atoms with van der Waals surface area (Å²) >= 11 is 6.77. The molecular formula is C13H15Br2N3O2. The number of hydrogen-bond donors (Lipinski definition) is 0. The van der Waals surface area contributed by atoms with Crippen molar-refractivity contribution in [1.82, 2.24) is 14.8 Å². The Bertz CT molecular complexity index is 647. The van der Waals surface area contributed by atoms with Gasteiger partial charge in [0.1, 0.15) is 5.60 Å². The Morgan fingerprint density at radius 1 is 1.45 bits per heavy atom. The summed E-state index contributed by atoms with van der Waals surface area (Å²) < 4.78 is 7.43. The summed E-state index contributed by atoms with van der Waals surface area (Å²) in [5.41, 5.74) is 0.760. The van der Waals surface area contributed by atoms with Crippen molar-refractivity contribution in [3.8, 4) is 0 Å². The average molecular weight is 405 g/mol. The van der Waals surface area contributed by atoms with E-state index in [4.69, 9.17) is 4.74 Å². The van der Waals surface area contributed by atoms with E-state index in [-0.39, 0.29) is 0 Å². The van der Waals surface area contributed by atoms with Crippen LogP contribution in [0, 0.1) is 0 Å². The van der Waals surface area contributed by atoms with E-state index in [1.165, 1.54) is 4.68 Å². The Labute approximate surface area is 134 Å². The monoisotopic (exact) mass is 403 g/mol. The molecule has 2 heterocycles. The van der Waals surface area contributed by atoms with Gasteiger partial charge in [-0.3, -0.25) is 0 Å². The number of hydrogen-bond acceptors (Lipinski definition) is 4. The van der Waals surface area contributed by atoms with Crippen LogP contribution in [-0.4, -0.2) is 31.8 Å². The lowest BCUT2D eigenvalue weighted by Gasteiger charge is -2.18. The van der Waals surface area contributed by atoms with Gasteiger partial charge in [-0.15, -0.1) is 4.68 Å². The molecule has 0 atom stereocenters. The van der Waals surface area contributed by atoms with E-state index < -0.39 is 11.7 Å². The summed E-state index contributed by atoms with van der Waals surface area (Å²) in [6.07, 6.45) is 1.84. The summed E-state index contributed by atoms with van der Waals surface area (Å²) in [4.78, 5) is 16.5. The number of carbonyl (C=O) groups is 1. The number of rotatable bonds is 2. The number of fused-ring (bicyclic) bond motifs is 1. The van der Waals surface area contributed by atoms with Crippen molar-refractivity contribution < 1.29 is 9.53 Å². The van der Waals surface area contributed by atoms with E-state index >= 15 is 0 Å². The summed E-state index contributed by atoms with van der Waals surface area (Å²) in [6, 6.07) is 1.91. The van der Waals surface area contributed by atoms with E-state index in [0.717, 1.165) is 20.9 Å². The second kappa shape index (κ2) is 5.81. The van der Waals surface area contributed by atoms with Gasteiger partial charge >= 0.3 is 6.09 Å². The molecule has 108 valence electrons. The molecule has 2 rings (SSSR count). The van der Waals surface area contributed by atoms with Crippen molar-refractivity contribution in [2.75, 3.05) is 5.33 Å². The lowest BCUT2D eigenvalue weighted by Crippen LogP contribution is -2.28. The molecule has 0 saturated carbocycles. The molecule has 20 heavy (non-hydrogen) atoms. The molecule has 0 aliphatic carbocycles. The molecule has 0 amide bonds. The molecule has 0 aliphatic rings.